The summed E-state index contributed by atoms with van der Waals surface area (Å²) >= 11 is 1.40. The van der Waals surface area contributed by atoms with Crippen LogP contribution in [0.4, 0.5) is 13.2 Å². The van der Waals surface area contributed by atoms with Gasteiger partial charge in [0.2, 0.25) is 0 Å². The number of benzene rings is 2. The van der Waals surface area contributed by atoms with E-state index in [9.17, 15) is 23.1 Å². The summed E-state index contributed by atoms with van der Waals surface area (Å²) in [5.74, 6) is -2.21. The summed E-state index contributed by atoms with van der Waals surface area (Å²) < 4.78 is 53.2. The number of halogens is 3. The van der Waals surface area contributed by atoms with Gasteiger partial charge in [-0.3, -0.25) is 0 Å². The van der Waals surface area contributed by atoms with E-state index in [1.807, 2.05) is 44.2 Å². The Morgan fingerprint density at radius 2 is 1.53 bits per heavy atom. The lowest BCUT2D eigenvalue weighted by molar-refractivity contribution is -0.279. The Morgan fingerprint density at radius 1 is 1.00 bits per heavy atom. The average Bonchev–Trinajstić information content (AvgIpc) is 2.76. The molecular formula is C24H29F3O4S. The Morgan fingerprint density at radius 3 is 1.97 bits per heavy atom. The molecule has 0 radical (unpaired) electrons. The predicted molar refractivity (Wildman–Crippen MR) is 118 cm³/mol. The zero-order chi connectivity index (χ0) is 23.9. The van der Waals surface area contributed by atoms with Gasteiger partial charge in [0.25, 0.3) is 5.60 Å². The zero-order valence-corrected chi connectivity index (χ0v) is 19.3. The number of esters is 1. The molecule has 2 rings (SSSR count). The highest BCUT2D eigenvalue weighted by Crippen LogP contribution is 2.44. The third kappa shape index (κ3) is 5.66. The molecular weight excluding hydrogens is 441 g/mol. The van der Waals surface area contributed by atoms with Crippen molar-refractivity contribution in [1.82, 2.24) is 0 Å². The van der Waals surface area contributed by atoms with Crippen molar-refractivity contribution in [2.75, 3.05) is 13.7 Å². The van der Waals surface area contributed by atoms with Gasteiger partial charge in [0.1, 0.15) is 6.10 Å². The van der Waals surface area contributed by atoms with Gasteiger partial charge in [-0.2, -0.15) is 13.2 Å². The number of carbonyl (C=O) groups excluding carboxylic acids is 1. The number of carbonyl (C=O) groups is 1. The fourth-order valence-electron chi connectivity index (χ4n) is 3.44. The van der Waals surface area contributed by atoms with E-state index in [1.165, 1.54) is 36.0 Å². The first-order valence-corrected chi connectivity index (χ1v) is 11.2. The summed E-state index contributed by atoms with van der Waals surface area (Å²) in [6.45, 7) is 5.09. The third-order valence-corrected chi connectivity index (χ3v) is 6.89. The maximum atomic E-state index is 14.3. The molecule has 4 atom stereocenters. The third-order valence-electron chi connectivity index (χ3n) is 5.26. The molecule has 0 aliphatic carbocycles. The largest absolute Gasteiger partial charge is 0.458 e. The Hall–Kier alpha value is -2.03. The molecule has 0 amide bonds. The quantitative estimate of drug-likeness (QED) is 0.370. The summed E-state index contributed by atoms with van der Waals surface area (Å²) in [5.41, 5.74) is -3.65. The normalized spacial score (nSPS) is 16.8. The maximum absolute atomic E-state index is 14.3. The standard InChI is InChI=1S/C24H29F3O4S/c1-16(2)21(32-19-13-9-6-10-14-19)20(17(3)15-28)31-22(29)23(30-4,24(25,26)27)18-11-7-5-8-12-18/h5-14,16-17,20-21,28H,15H2,1-4H3/t17-,20-,21-,23?/m0/s1. The summed E-state index contributed by atoms with van der Waals surface area (Å²) in [4.78, 5) is 14.1. The van der Waals surface area contributed by atoms with Gasteiger partial charge in [0.15, 0.2) is 0 Å². The fourth-order valence-corrected chi connectivity index (χ4v) is 4.80. The first kappa shape index (κ1) is 26.2. The fraction of sp³-hybridized carbons (Fsp3) is 0.458. The van der Waals surface area contributed by atoms with Crippen LogP contribution >= 0.6 is 11.8 Å². The minimum absolute atomic E-state index is 0.0634. The first-order valence-electron chi connectivity index (χ1n) is 10.3. The molecule has 0 aliphatic rings. The Kier molecular flexibility index (Phi) is 9.18. The topological polar surface area (TPSA) is 55.8 Å². The van der Waals surface area contributed by atoms with Crippen LogP contribution in [0.5, 0.6) is 0 Å². The van der Waals surface area contributed by atoms with Gasteiger partial charge in [-0.1, -0.05) is 69.3 Å². The number of ether oxygens (including phenoxy) is 2. The van der Waals surface area contributed by atoms with Crippen LogP contribution in [0.25, 0.3) is 0 Å². The molecule has 176 valence electrons. The van der Waals surface area contributed by atoms with Gasteiger partial charge < -0.3 is 14.6 Å². The van der Waals surface area contributed by atoms with Crippen molar-refractivity contribution < 1.29 is 32.5 Å². The van der Waals surface area contributed by atoms with Crippen molar-refractivity contribution in [3.05, 3.63) is 66.2 Å². The molecule has 0 aromatic heterocycles. The molecule has 0 bridgehead atoms. The van der Waals surface area contributed by atoms with Crippen LogP contribution < -0.4 is 0 Å². The number of thioether (sulfide) groups is 1. The minimum atomic E-state index is -5.06. The number of methoxy groups -OCH3 is 1. The SMILES string of the molecule is COC(C(=O)O[C@@H]([C@@H](C)CO)[C@@H](Sc1ccccc1)C(C)C)(c1ccccc1)C(F)(F)F. The number of hydrogen-bond acceptors (Lipinski definition) is 5. The van der Waals surface area contributed by atoms with Crippen molar-refractivity contribution in [1.29, 1.82) is 0 Å². The highest BCUT2D eigenvalue weighted by Gasteiger charge is 2.64. The van der Waals surface area contributed by atoms with Crippen molar-refractivity contribution in [3.8, 4) is 0 Å². The molecule has 4 nitrogen and oxygen atoms in total. The van der Waals surface area contributed by atoms with E-state index in [4.69, 9.17) is 9.47 Å². The van der Waals surface area contributed by atoms with Crippen molar-refractivity contribution in [3.63, 3.8) is 0 Å². The Balaban J connectivity index is 2.48. The maximum Gasteiger partial charge on any atom is 0.432 e. The number of aliphatic hydroxyl groups excluding tert-OH is 1. The van der Waals surface area contributed by atoms with Gasteiger partial charge in [-0.25, -0.2) is 4.79 Å². The lowest BCUT2D eigenvalue weighted by atomic mass is 9.91. The summed E-state index contributed by atoms with van der Waals surface area (Å²) in [6.07, 6.45) is -6.05. The van der Waals surface area contributed by atoms with E-state index in [2.05, 4.69) is 0 Å². The zero-order valence-electron chi connectivity index (χ0n) is 18.5. The van der Waals surface area contributed by atoms with Crippen molar-refractivity contribution in [2.45, 2.75) is 48.8 Å². The molecule has 2 aromatic carbocycles. The summed E-state index contributed by atoms with van der Waals surface area (Å²) in [7, 11) is 0.838. The van der Waals surface area contributed by atoms with Gasteiger partial charge in [-0.05, 0) is 18.1 Å². The van der Waals surface area contributed by atoms with E-state index in [1.54, 1.807) is 13.0 Å². The second-order valence-electron chi connectivity index (χ2n) is 7.92. The predicted octanol–water partition coefficient (Wildman–Crippen LogP) is 5.45. The number of aliphatic hydroxyl groups is 1. The summed E-state index contributed by atoms with van der Waals surface area (Å²) in [5, 5.41) is 9.40. The van der Waals surface area contributed by atoms with E-state index in [0.717, 1.165) is 12.0 Å². The molecule has 2 aromatic rings. The lowest BCUT2D eigenvalue weighted by Gasteiger charge is -2.38. The molecule has 1 N–H and O–H groups in total. The second-order valence-corrected chi connectivity index (χ2v) is 9.17. The molecule has 32 heavy (non-hydrogen) atoms. The molecule has 0 fully saturated rings. The second kappa shape index (κ2) is 11.2. The van der Waals surface area contributed by atoms with Crippen LogP contribution in [0.3, 0.4) is 0 Å². The van der Waals surface area contributed by atoms with Gasteiger partial charge >= 0.3 is 12.1 Å². The average molecular weight is 471 g/mol. The number of hydrogen-bond donors (Lipinski definition) is 1. The first-order chi connectivity index (χ1) is 15.1. The smallest absolute Gasteiger partial charge is 0.432 e. The van der Waals surface area contributed by atoms with Crippen molar-refractivity contribution >= 4 is 17.7 Å². The molecule has 0 saturated heterocycles. The monoisotopic (exact) mass is 470 g/mol. The van der Waals surface area contributed by atoms with Crippen LogP contribution in [-0.2, 0) is 19.9 Å². The van der Waals surface area contributed by atoms with E-state index < -0.39 is 35.0 Å². The van der Waals surface area contributed by atoms with Crippen LogP contribution in [0.2, 0.25) is 0 Å². The summed E-state index contributed by atoms with van der Waals surface area (Å²) in [6, 6.07) is 16.0. The van der Waals surface area contributed by atoms with E-state index >= 15 is 0 Å². The molecule has 0 aliphatic heterocycles. The minimum Gasteiger partial charge on any atom is -0.458 e. The number of rotatable bonds is 10. The Labute approximate surface area is 191 Å². The van der Waals surface area contributed by atoms with Gasteiger partial charge in [0.05, 0.1) is 0 Å². The molecule has 1 unspecified atom stereocenters. The lowest BCUT2D eigenvalue weighted by Crippen LogP contribution is -2.54. The van der Waals surface area contributed by atoms with Crippen molar-refractivity contribution in [2.24, 2.45) is 11.8 Å². The molecule has 0 spiro atoms. The van der Waals surface area contributed by atoms with E-state index in [-0.39, 0.29) is 18.1 Å². The van der Waals surface area contributed by atoms with Crippen LogP contribution in [0.1, 0.15) is 26.3 Å². The molecule has 8 heteroatoms. The number of alkyl halides is 3. The van der Waals surface area contributed by atoms with E-state index in [0.29, 0.717) is 0 Å². The molecule has 0 heterocycles. The highest BCUT2D eigenvalue weighted by atomic mass is 32.2. The molecule has 0 saturated carbocycles. The highest BCUT2D eigenvalue weighted by molar-refractivity contribution is 8.00. The Bertz CT molecular complexity index is 845. The van der Waals surface area contributed by atoms with Crippen LogP contribution in [0.15, 0.2) is 65.6 Å². The van der Waals surface area contributed by atoms with Crippen LogP contribution in [-0.4, -0.2) is 42.3 Å². The van der Waals surface area contributed by atoms with Crippen LogP contribution in [0, 0.1) is 11.8 Å². The van der Waals surface area contributed by atoms with Gasteiger partial charge in [-0.15, -0.1) is 11.8 Å². The van der Waals surface area contributed by atoms with Gasteiger partial charge in [0, 0.05) is 35.3 Å².